The second-order valence-corrected chi connectivity index (χ2v) is 9.47. The minimum atomic E-state index is 0.0479. The third-order valence-corrected chi connectivity index (χ3v) is 7.30. The molecule has 4 heterocycles. The molecule has 1 aliphatic heterocycles. The van der Waals surface area contributed by atoms with Gasteiger partial charge in [-0.05, 0) is 29.3 Å². The summed E-state index contributed by atoms with van der Waals surface area (Å²) in [5, 5.41) is 13.6. The molecule has 1 atom stereocenters. The SMILES string of the molecule is COCCn1cc(-c2ccc(C3SCCNc4c3c(-c3ccccn3)nn4C)c(Cl)c2)cn1. The van der Waals surface area contributed by atoms with Gasteiger partial charge < -0.3 is 10.1 Å². The summed E-state index contributed by atoms with van der Waals surface area (Å²) in [6.07, 6.45) is 5.69. The third-order valence-electron chi connectivity index (χ3n) is 5.71. The van der Waals surface area contributed by atoms with Crippen LogP contribution in [0, 0.1) is 0 Å². The lowest BCUT2D eigenvalue weighted by atomic mass is 9.99. The molecule has 0 spiro atoms. The Morgan fingerprint density at radius 1 is 1.24 bits per heavy atom. The van der Waals surface area contributed by atoms with Crippen molar-refractivity contribution in [1.29, 1.82) is 0 Å². The van der Waals surface area contributed by atoms with Crippen LogP contribution in [0.3, 0.4) is 0 Å². The molecule has 7 nitrogen and oxygen atoms in total. The fourth-order valence-electron chi connectivity index (χ4n) is 4.10. The van der Waals surface area contributed by atoms with Gasteiger partial charge in [-0.2, -0.15) is 10.2 Å². The predicted octanol–water partition coefficient (Wildman–Crippen LogP) is 4.89. The van der Waals surface area contributed by atoms with Crippen LogP contribution in [-0.4, -0.2) is 50.6 Å². The van der Waals surface area contributed by atoms with Gasteiger partial charge in [-0.1, -0.05) is 29.8 Å². The molecule has 1 N–H and O–H groups in total. The highest BCUT2D eigenvalue weighted by atomic mass is 35.5. The molecule has 0 amide bonds. The van der Waals surface area contributed by atoms with Crippen LogP contribution in [0.15, 0.2) is 55.0 Å². The maximum atomic E-state index is 6.90. The number of rotatable bonds is 6. The van der Waals surface area contributed by atoms with Gasteiger partial charge in [0.25, 0.3) is 0 Å². The highest BCUT2D eigenvalue weighted by molar-refractivity contribution is 7.99. The van der Waals surface area contributed by atoms with Crippen molar-refractivity contribution in [2.24, 2.45) is 7.05 Å². The Hall–Kier alpha value is -2.81. The standard InChI is InChI=1S/C24H25ClN6OS/c1-30-24-21(22(29-30)20-5-3-4-8-26-20)23(33-12-9-27-24)18-7-6-16(13-19(18)25)17-14-28-31(15-17)10-11-32-2/h3-8,13-15,23,27H,9-12H2,1-2H3. The van der Waals surface area contributed by atoms with E-state index in [1.54, 1.807) is 13.3 Å². The number of hydrogen-bond acceptors (Lipinski definition) is 6. The molecule has 5 rings (SSSR count). The maximum Gasteiger partial charge on any atom is 0.129 e. The number of nitrogens with zero attached hydrogens (tertiary/aromatic N) is 5. The van der Waals surface area contributed by atoms with Crippen LogP contribution in [0.25, 0.3) is 22.5 Å². The zero-order valence-corrected chi connectivity index (χ0v) is 20.1. The lowest BCUT2D eigenvalue weighted by Gasteiger charge is -2.18. The van der Waals surface area contributed by atoms with Crippen LogP contribution in [0.5, 0.6) is 0 Å². The second-order valence-electron chi connectivity index (χ2n) is 7.85. The zero-order chi connectivity index (χ0) is 22.8. The minimum absolute atomic E-state index is 0.0479. The fraction of sp³-hybridized carbons (Fsp3) is 0.292. The number of nitrogens with one attached hydrogen (secondary N) is 1. The van der Waals surface area contributed by atoms with E-state index in [1.165, 1.54) is 0 Å². The van der Waals surface area contributed by atoms with E-state index in [1.807, 2.05) is 64.8 Å². The minimum Gasteiger partial charge on any atom is -0.383 e. The van der Waals surface area contributed by atoms with E-state index in [2.05, 4.69) is 27.5 Å². The van der Waals surface area contributed by atoms with Crippen molar-refractivity contribution in [3.63, 3.8) is 0 Å². The molecule has 0 aliphatic carbocycles. The average molecular weight is 481 g/mol. The lowest BCUT2D eigenvalue weighted by molar-refractivity contribution is 0.183. The highest BCUT2D eigenvalue weighted by Crippen LogP contribution is 2.47. The summed E-state index contributed by atoms with van der Waals surface area (Å²) < 4.78 is 8.94. The van der Waals surface area contributed by atoms with Gasteiger partial charge in [-0.15, -0.1) is 11.8 Å². The average Bonchev–Trinajstić information content (AvgIpc) is 3.36. The Balaban J connectivity index is 1.53. The summed E-state index contributed by atoms with van der Waals surface area (Å²) in [4.78, 5) is 4.56. The van der Waals surface area contributed by atoms with Crippen molar-refractivity contribution >= 4 is 29.2 Å². The van der Waals surface area contributed by atoms with E-state index in [0.29, 0.717) is 13.2 Å². The van der Waals surface area contributed by atoms with Crippen LogP contribution in [0.4, 0.5) is 5.82 Å². The number of hydrogen-bond donors (Lipinski definition) is 1. The van der Waals surface area contributed by atoms with Gasteiger partial charge in [-0.25, -0.2) is 0 Å². The van der Waals surface area contributed by atoms with Gasteiger partial charge >= 0.3 is 0 Å². The molecule has 0 saturated heterocycles. The van der Waals surface area contributed by atoms with Crippen LogP contribution in [-0.2, 0) is 18.3 Å². The van der Waals surface area contributed by atoms with Crippen molar-refractivity contribution in [1.82, 2.24) is 24.5 Å². The van der Waals surface area contributed by atoms with Crippen molar-refractivity contribution in [3.8, 4) is 22.5 Å². The van der Waals surface area contributed by atoms with Gasteiger partial charge in [0.15, 0.2) is 0 Å². The van der Waals surface area contributed by atoms with Gasteiger partial charge in [-0.3, -0.25) is 14.3 Å². The molecule has 1 aliphatic rings. The summed E-state index contributed by atoms with van der Waals surface area (Å²) in [5.41, 5.74) is 6.03. The molecular formula is C24H25ClN6OS. The van der Waals surface area contributed by atoms with E-state index in [-0.39, 0.29) is 5.25 Å². The number of ether oxygens (including phenoxy) is 1. The van der Waals surface area contributed by atoms with Gasteiger partial charge in [0.2, 0.25) is 0 Å². The number of pyridine rings is 1. The van der Waals surface area contributed by atoms with Crippen molar-refractivity contribution in [2.75, 3.05) is 31.3 Å². The van der Waals surface area contributed by atoms with Crippen molar-refractivity contribution < 1.29 is 4.74 Å². The monoisotopic (exact) mass is 480 g/mol. The van der Waals surface area contributed by atoms with E-state index in [4.69, 9.17) is 21.4 Å². The van der Waals surface area contributed by atoms with E-state index in [9.17, 15) is 0 Å². The van der Waals surface area contributed by atoms with E-state index in [0.717, 1.165) is 56.8 Å². The third kappa shape index (κ3) is 4.38. The molecule has 33 heavy (non-hydrogen) atoms. The lowest BCUT2D eigenvalue weighted by Crippen LogP contribution is -2.06. The van der Waals surface area contributed by atoms with Gasteiger partial charge in [0.1, 0.15) is 11.5 Å². The first-order chi connectivity index (χ1) is 16.2. The first kappa shape index (κ1) is 22.0. The quantitative estimate of drug-likeness (QED) is 0.423. The maximum absolute atomic E-state index is 6.90. The zero-order valence-electron chi connectivity index (χ0n) is 18.5. The van der Waals surface area contributed by atoms with Crippen LogP contribution in [0.1, 0.15) is 16.4 Å². The number of anilines is 1. The largest absolute Gasteiger partial charge is 0.383 e. The Labute approximate surface area is 202 Å². The highest BCUT2D eigenvalue weighted by Gasteiger charge is 2.30. The molecule has 4 aromatic rings. The van der Waals surface area contributed by atoms with Crippen LogP contribution < -0.4 is 5.32 Å². The molecule has 0 fully saturated rings. The first-order valence-corrected chi connectivity index (χ1v) is 12.2. The number of aryl methyl sites for hydroxylation is 1. The van der Waals surface area contributed by atoms with Crippen molar-refractivity contribution in [3.05, 3.63) is 71.1 Å². The van der Waals surface area contributed by atoms with Gasteiger partial charge in [0.05, 0.1) is 30.3 Å². The molecule has 0 saturated carbocycles. The number of benzene rings is 1. The summed E-state index contributed by atoms with van der Waals surface area (Å²) in [5.74, 6) is 1.98. The van der Waals surface area contributed by atoms with E-state index >= 15 is 0 Å². The summed E-state index contributed by atoms with van der Waals surface area (Å²) in [6.45, 7) is 2.21. The Morgan fingerprint density at radius 2 is 2.15 bits per heavy atom. The number of fused-ring (bicyclic) bond motifs is 1. The predicted molar refractivity (Wildman–Crippen MR) is 134 cm³/mol. The molecule has 0 radical (unpaired) electrons. The summed E-state index contributed by atoms with van der Waals surface area (Å²) >= 11 is 8.78. The molecule has 1 aromatic carbocycles. The fourth-order valence-corrected chi connectivity index (χ4v) is 5.69. The summed E-state index contributed by atoms with van der Waals surface area (Å²) in [6, 6.07) is 12.2. The molecule has 9 heteroatoms. The molecule has 1 unspecified atom stereocenters. The second kappa shape index (κ2) is 9.59. The Kier molecular flexibility index (Phi) is 6.39. The van der Waals surface area contributed by atoms with E-state index < -0.39 is 0 Å². The number of thioether (sulfide) groups is 1. The first-order valence-electron chi connectivity index (χ1n) is 10.8. The van der Waals surface area contributed by atoms with Gasteiger partial charge in [0, 0.05) is 55.0 Å². The smallest absolute Gasteiger partial charge is 0.129 e. The van der Waals surface area contributed by atoms with Crippen LogP contribution >= 0.6 is 23.4 Å². The van der Waals surface area contributed by atoms with Crippen LogP contribution in [0.2, 0.25) is 5.02 Å². The molecule has 3 aromatic heterocycles. The topological polar surface area (TPSA) is 69.8 Å². The Morgan fingerprint density at radius 3 is 2.94 bits per heavy atom. The van der Waals surface area contributed by atoms with Crippen molar-refractivity contribution in [2.45, 2.75) is 11.8 Å². The number of methoxy groups -OCH3 is 1. The number of halogens is 1. The number of aromatic nitrogens is 5. The molecule has 0 bridgehead atoms. The molecule has 170 valence electrons. The normalized spacial score (nSPS) is 15.7. The Bertz CT molecular complexity index is 1260. The molecular weight excluding hydrogens is 456 g/mol. The summed E-state index contributed by atoms with van der Waals surface area (Å²) in [7, 11) is 3.66.